The second-order valence-electron chi connectivity index (χ2n) is 3.92. The van der Waals surface area contributed by atoms with Crippen molar-refractivity contribution >= 4 is 0 Å². The van der Waals surface area contributed by atoms with E-state index >= 15 is 0 Å². The van der Waals surface area contributed by atoms with Gasteiger partial charge in [0.25, 0.3) is 0 Å². The largest absolute Gasteiger partial charge is 0.329 e. The highest BCUT2D eigenvalue weighted by molar-refractivity contribution is 4.93. The zero-order valence-corrected chi connectivity index (χ0v) is 8.40. The van der Waals surface area contributed by atoms with Gasteiger partial charge in [0.15, 0.2) is 0 Å². The molecule has 1 unspecified atom stereocenters. The highest BCUT2D eigenvalue weighted by atomic mass is 15.0. The topological polar surface area (TPSA) is 38.0 Å². The molecule has 1 rings (SSSR count). The van der Waals surface area contributed by atoms with Gasteiger partial charge in [-0.2, -0.15) is 0 Å². The van der Waals surface area contributed by atoms with Crippen molar-refractivity contribution in [3.63, 3.8) is 0 Å². The molecule has 2 heteroatoms. The van der Waals surface area contributed by atoms with E-state index in [9.17, 15) is 0 Å². The number of piperidine rings is 1. The minimum atomic E-state index is 0.493. The van der Waals surface area contributed by atoms with Crippen LogP contribution in [-0.2, 0) is 0 Å². The molecule has 0 aromatic rings. The van der Waals surface area contributed by atoms with Crippen molar-refractivity contribution in [1.29, 1.82) is 0 Å². The van der Waals surface area contributed by atoms with Crippen molar-refractivity contribution in [2.24, 2.45) is 11.1 Å². The summed E-state index contributed by atoms with van der Waals surface area (Å²) in [6.45, 7) is 6.53. The highest BCUT2D eigenvalue weighted by Gasteiger charge is 2.36. The van der Waals surface area contributed by atoms with Crippen molar-refractivity contribution in [3.8, 4) is 0 Å². The lowest BCUT2D eigenvalue weighted by molar-refractivity contribution is 0.125. The average molecular weight is 170 g/mol. The van der Waals surface area contributed by atoms with Gasteiger partial charge < -0.3 is 11.1 Å². The molecule has 3 N–H and O–H groups in total. The summed E-state index contributed by atoms with van der Waals surface area (Å²) < 4.78 is 0. The Morgan fingerprint density at radius 2 is 2.08 bits per heavy atom. The monoisotopic (exact) mass is 170 g/mol. The Labute approximate surface area is 75.9 Å². The van der Waals surface area contributed by atoms with Gasteiger partial charge in [0.05, 0.1) is 0 Å². The van der Waals surface area contributed by atoms with Crippen LogP contribution in [0.5, 0.6) is 0 Å². The lowest BCUT2D eigenvalue weighted by Gasteiger charge is -2.43. The van der Waals surface area contributed by atoms with Crippen molar-refractivity contribution in [3.05, 3.63) is 0 Å². The average Bonchev–Trinajstić information content (AvgIpc) is 2.17. The van der Waals surface area contributed by atoms with Crippen molar-refractivity contribution in [2.45, 2.75) is 45.6 Å². The number of nitrogens with one attached hydrogen (secondary N) is 1. The summed E-state index contributed by atoms with van der Waals surface area (Å²) in [6, 6.07) is 0.557. The Hall–Kier alpha value is -0.0800. The normalized spacial score (nSPS) is 28.8. The van der Waals surface area contributed by atoms with Gasteiger partial charge in [-0.1, -0.05) is 13.8 Å². The summed E-state index contributed by atoms with van der Waals surface area (Å²) in [5.41, 5.74) is 6.26. The fourth-order valence-corrected chi connectivity index (χ4v) is 2.54. The fraction of sp³-hybridized carbons (Fsp3) is 1.00. The predicted octanol–water partition coefficient (Wildman–Crippen LogP) is 1.50. The molecule has 1 aliphatic rings. The number of hydrogen-bond donors (Lipinski definition) is 2. The van der Waals surface area contributed by atoms with Gasteiger partial charge in [-0.05, 0) is 37.6 Å². The first kappa shape index (κ1) is 10.0. The second kappa shape index (κ2) is 4.24. The third kappa shape index (κ3) is 1.64. The van der Waals surface area contributed by atoms with Gasteiger partial charge in [-0.25, -0.2) is 0 Å². The van der Waals surface area contributed by atoms with E-state index in [4.69, 9.17) is 5.73 Å². The van der Waals surface area contributed by atoms with E-state index < -0.39 is 0 Å². The molecule has 0 amide bonds. The lowest BCUT2D eigenvalue weighted by Crippen LogP contribution is -2.53. The molecule has 1 fully saturated rings. The van der Waals surface area contributed by atoms with E-state index in [1.54, 1.807) is 0 Å². The van der Waals surface area contributed by atoms with Gasteiger partial charge in [0, 0.05) is 12.6 Å². The molecule has 2 nitrogen and oxygen atoms in total. The van der Waals surface area contributed by atoms with Crippen LogP contribution in [0.15, 0.2) is 0 Å². The predicted molar refractivity (Wildman–Crippen MR) is 53.1 cm³/mol. The van der Waals surface area contributed by atoms with E-state index in [-0.39, 0.29) is 0 Å². The first-order valence-electron chi connectivity index (χ1n) is 5.22. The number of hydrogen-bond acceptors (Lipinski definition) is 2. The van der Waals surface area contributed by atoms with Crippen molar-refractivity contribution < 1.29 is 0 Å². The van der Waals surface area contributed by atoms with Gasteiger partial charge in [0.1, 0.15) is 0 Å². The lowest BCUT2D eigenvalue weighted by atomic mass is 9.70. The van der Waals surface area contributed by atoms with Crippen LogP contribution in [0.4, 0.5) is 0 Å². The molecule has 0 aromatic heterocycles. The maximum atomic E-state index is 5.77. The van der Waals surface area contributed by atoms with Crippen LogP contribution < -0.4 is 11.1 Å². The maximum Gasteiger partial charge on any atom is 0.0246 e. The summed E-state index contributed by atoms with van der Waals surface area (Å²) in [5.74, 6) is 0. The summed E-state index contributed by atoms with van der Waals surface area (Å²) >= 11 is 0. The number of nitrogens with two attached hydrogens (primary N) is 1. The standard InChI is InChI=1S/C10H22N2/c1-3-10(4-2)6-5-7-12-9(10)8-11/h9,12H,3-8,11H2,1-2H3. The van der Waals surface area contributed by atoms with Crippen LogP contribution in [0.25, 0.3) is 0 Å². The minimum Gasteiger partial charge on any atom is -0.329 e. The van der Waals surface area contributed by atoms with E-state index in [0.29, 0.717) is 11.5 Å². The third-order valence-electron chi connectivity index (χ3n) is 3.63. The van der Waals surface area contributed by atoms with E-state index in [0.717, 1.165) is 13.1 Å². The molecule has 0 spiro atoms. The van der Waals surface area contributed by atoms with Crippen LogP contribution in [0.2, 0.25) is 0 Å². The summed E-state index contributed by atoms with van der Waals surface area (Å²) in [6.07, 6.45) is 5.20. The van der Waals surface area contributed by atoms with E-state index in [1.807, 2.05) is 0 Å². The Kier molecular flexibility index (Phi) is 3.53. The van der Waals surface area contributed by atoms with E-state index in [2.05, 4.69) is 19.2 Å². The molecule has 0 aromatic carbocycles. The quantitative estimate of drug-likeness (QED) is 0.673. The Bertz CT molecular complexity index is 130. The molecule has 0 saturated carbocycles. The molecule has 0 aliphatic carbocycles. The molecule has 1 saturated heterocycles. The molecule has 1 heterocycles. The Balaban J connectivity index is 2.66. The van der Waals surface area contributed by atoms with Crippen LogP contribution in [-0.4, -0.2) is 19.1 Å². The summed E-state index contributed by atoms with van der Waals surface area (Å²) in [7, 11) is 0. The minimum absolute atomic E-state index is 0.493. The fourth-order valence-electron chi connectivity index (χ4n) is 2.54. The molecule has 72 valence electrons. The highest BCUT2D eigenvalue weighted by Crippen LogP contribution is 2.37. The first-order valence-corrected chi connectivity index (χ1v) is 5.22. The van der Waals surface area contributed by atoms with Crippen LogP contribution in [0.3, 0.4) is 0 Å². The summed E-state index contributed by atoms with van der Waals surface area (Å²) in [5, 5.41) is 3.54. The smallest absolute Gasteiger partial charge is 0.0246 e. The summed E-state index contributed by atoms with van der Waals surface area (Å²) in [4.78, 5) is 0. The van der Waals surface area contributed by atoms with Crippen molar-refractivity contribution in [1.82, 2.24) is 5.32 Å². The molecular weight excluding hydrogens is 148 g/mol. The SMILES string of the molecule is CCC1(CC)CCCNC1CN. The molecule has 0 radical (unpaired) electrons. The molecule has 12 heavy (non-hydrogen) atoms. The molecular formula is C10H22N2. The molecule has 1 atom stereocenters. The van der Waals surface area contributed by atoms with Gasteiger partial charge >= 0.3 is 0 Å². The van der Waals surface area contributed by atoms with Crippen molar-refractivity contribution in [2.75, 3.05) is 13.1 Å². The first-order chi connectivity index (χ1) is 5.79. The second-order valence-corrected chi connectivity index (χ2v) is 3.92. The molecule has 0 bridgehead atoms. The van der Waals surface area contributed by atoms with Gasteiger partial charge in [-0.15, -0.1) is 0 Å². The van der Waals surface area contributed by atoms with Gasteiger partial charge in [0.2, 0.25) is 0 Å². The zero-order chi connectivity index (χ0) is 9.03. The third-order valence-corrected chi connectivity index (χ3v) is 3.63. The van der Waals surface area contributed by atoms with Crippen LogP contribution in [0, 0.1) is 5.41 Å². The Morgan fingerprint density at radius 3 is 2.50 bits per heavy atom. The molecule has 1 aliphatic heterocycles. The number of rotatable bonds is 3. The van der Waals surface area contributed by atoms with Crippen LogP contribution >= 0.6 is 0 Å². The maximum absolute atomic E-state index is 5.77. The van der Waals surface area contributed by atoms with Crippen LogP contribution in [0.1, 0.15) is 39.5 Å². The van der Waals surface area contributed by atoms with Gasteiger partial charge in [-0.3, -0.25) is 0 Å². The zero-order valence-electron chi connectivity index (χ0n) is 8.40. The Morgan fingerprint density at radius 1 is 1.42 bits per heavy atom. The van der Waals surface area contributed by atoms with E-state index in [1.165, 1.54) is 25.7 Å².